The van der Waals surface area contributed by atoms with E-state index in [0.717, 1.165) is 30.4 Å². The lowest BCUT2D eigenvalue weighted by Gasteiger charge is -2.28. The highest BCUT2D eigenvalue weighted by molar-refractivity contribution is 5.61. The van der Waals surface area contributed by atoms with Gasteiger partial charge in [-0.3, -0.25) is 4.90 Å². The molecule has 0 N–H and O–H groups in total. The monoisotopic (exact) mass is 427 g/mol. The summed E-state index contributed by atoms with van der Waals surface area (Å²) < 4.78 is 23.3. The maximum absolute atomic E-state index is 12.1. The second kappa shape index (κ2) is 10.2. The van der Waals surface area contributed by atoms with Crippen LogP contribution in [0.1, 0.15) is 44.5 Å². The third kappa shape index (κ3) is 5.02. The zero-order valence-corrected chi connectivity index (χ0v) is 19.1. The first-order chi connectivity index (χ1) is 14.9. The molecule has 168 valence electrons. The van der Waals surface area contributed by atoms with Gasteiger partial charge in [-0.2, -0.15) is 0 Å². The van der Waals surface area contributed by atoms with Crippen LogP contribution in [0.25, 0.3) is 0 Å². The summed E-state index contributed by atoms with van der Waals surface area (Å²) in [4.78, 5) is 14.2. The zero-order chi connectivity index (χ0) is 22.4. The number of benzene rings is 2. The fourth-order valence-corrected chi connectivity index (χ4v) is 4.05. The van der Waals surface area contributed by atoms with Gasteiger partial charge in [0.1, 0.15) is 29.8 Å². The number of aldehydes is 1. The molecule has 0 spiro atoms. The average molecular weight is 428 g/mol. The Morgan fingerprint density at radius 2 is 1.71 bits per heavy atom. The minimum absolute atomic E-state index is 0.390. The second-order valence-electron chi connectivity index (χ2n) is 8.21. The van der Waals surface area contributed by atoms with Gasteiger partial charge in [0.15, 0.2) is 0 Å². The number of ether oxygens (including phenoxy) is 4. The molecule has 2 aromatic carbocycles. The first-order valence-corrected chi connectivity index (χ1v) is 10.8. The summed E-state index contributed by atoms with van der Waals surface area (Å²) in [7, 11) is 3.25. The van der Waals surface area contributed by atoms with Crippen molar-refractivity contribution in [1.82, 2.24) is 4.90 Å². The van der Waals surface area contributed by atoms with Crippen molar-refractivity contribution in [3.63, 3.8) is 0 Å². The van der Waals surface area contributed by atoms with Gasteiger partial charge < -0.3 is 23.7 Å². The van der Waals surface area contributed by atoms with Crippen molar-refractivity contribution in [2.45, 2.75) is 51.5 Å². The molecule has 6 nitrogen and oxygen atoms in total. The van der Waals surface area contributed by atoms with Gasteiger partial charge in [0.25, 0.3) is 0 Å². The molecule has 1 aliphatic rings. The summed E-state index contributed by atoms with van der Waals surface area (Å²) in [6.07, 6.45) is 2.27. The molecule has 31 heavy (non-hydrogen) atoms. The fraction of sp³-hybridized carbons (Fsp3) is 0.480. The third-order valence-corrected chi connectivity index (χ3v) is 5.68. The standard InChI is InChI=1S/C25H33NO5/c1-6-16-30-19-12-10-18(11-13-19)14-15-26-22(17-27)25(2,3)31-24(26)23-20(28-4)8-7-9-21(23)29-5/h7-13,17,22,24H,6,14-16H2,1-5H3. The van der Waals surface area contributed by atoms with E-state index >= 15 is 0 Å². The van der Waals surface area contributed by atoms with Crippen LogP contribution in [0, 0.1) is 0 Å². The van der Waals surface area contributed by atoms with Gasteiger partial charge in [-0.25, -0.2) is 0 Å². The summed E-state index contributed by atoms with van der Waals surface area (Å²) in [5.41, 5.74) is 1.33. The van der Waals surface area contributed by atoms with Crippen LogP contribution in [0.3, 0.4) is 0 Å². The van der Waals surface area contributed by atoms with Gasteiger partial charge in [0.2, 0.25) is 0 Å². The minimum Gasteiger partial charge on any atom is -0.496 e. The van der Waals surface area contributed by atoms with E-state index in [2.05, 4.69) is 24.0 Å². The molecule has 3 rings (SSSR count). The minimum atomic E-state index is -0.643. The smallest absolute Gasteiger partial charge is 0.145 e. The van der Waals surface area contributed by atoms with Crippen molar-refractivity contribution >= 4 is 6.29 Å². The van der Waals surface area contributed by atoms with Crippen LogP contribution in [-0.4, -0.2) is 50.2 Å². The Kier molecular flexibility index (Phi) is 7.57. The van der Waals surface area contributed by atoms with Crippen LogP contribution in [-0.2, 0) is 16.0 Å². The molecule has 0 saturated carbocycles. The Hall–Kier alpha value is -2.57. The number of methoxy groups -OCH3 is 2. The zero-order valence-electron chi connectivity index (χ0n) is 19.1. The molecule has 1 aliphatic heterocycles. The molecular weight excluding hydrogens is 394 g/mol. The van der Waals surface area contributed by atoms with Crippen LogP contribution >= 0.6 is 0 Å². The summed E-state index contributed by atoms with van der Waals surface area (Å²) in [5, 5.41) is 0. The number of carbonyl (C=O) groups excluding carboxylic acids is 1. The lowest BCUT2D eigenvalue weighted by atomic mass is 9.99. The molecule has 0 amide bonds. The van der Waals surface area contributed by atoms with Gasteiger partial charge in [0.05, 0.1) is 38.0 Å². The van der Waals surface area contributed by atoms with E-state index in [9.17, 15) is 4.79 Å². The van der Waals surface area contributed by atoms with E-state index in [1.807, 2.05) is 44.2 Å². The predicted molar refractivity (Wildman–Crippen MR) is 120 cm³/mol. The van der Waals surface area contributed by atoms with E-state index in [1.54, 1.807) is 14.2 Å². The Bertz CT molecular complexity index is 842. The van der Waals surface area contributed by atoms with E-state index < -0.39 is 11.8 Å². The van der Waals surface area contributed by atoms with Gasteiger partial charge in [-0.05, 0) is 56.5 Å². The van der Waals surface area contributed by atoms with Crippen LogP contribution in [0.4, 0.5) is 0 Å². The van der Waals surface area contributed by atoms with Crippen molar-refractivity contribution in [2.75, 3.05) is 27.4 Å². The summed E-state index contributed by atoms with van der Waals surface area (Å²) >= 11 is 0. The van der Waals surface area contributed by atoms with Gasteiger partial charge in [-0.1, -0.05) is 25.1 Å². The molecule has 2 unspecified atom stereocenters. The van der Waals surface area contributed by atoms with Gasteiger partial charge in [-0.15, -0.1) is 0 Å². The summed E-state index contributed by atoms with van der Waals surface area (Å²) in [6.45, 7) is 7.34. The van der Waals surface area contributed by atoms with Crippen LogP contribution in [0.2, 0.25) is 0 Å². The van der Waals surface area contributed by atoms with Crippen molar-refractivity contribution in [2.24, 2.45) is 0 Å². The van der Waals surface area contributed by atoms with Crippen molar-refractivity contribution in [3.05, 3.63) is 53.6 Å². The highest BCUT2D eigenvalue weighted by atomic mass is 16.5. The van der Waals surface area contributed by atoms with Crippen LogP contribution in [0.5, 0.6) is 17.2 Å². The normalized spacial score (nSPS) is 20.4. The molecule has 0 aliphatic carbocycles. The molecule has 1 heterocycles. The van der Waals surface area contributed by atoms with Crippen molar-refractivity contribution in [1.29, 1.82) is 0 Å². The second-order valence-corrected chi connectivity index (χ2v) is 8.21. The number of hydrogen-bond donors (Lipinski definition) is 0. The first-order valence-electron chi connectivity index (χ1n) is 10.8. The highest BCUT2D eigenvalue weighted by Crippen LogP contribution is 2.46. The Morgan fingerprint density at radius 3 is 2.26 bits per heavy atom. The van der Waals surface area contributed by atoms with E-state index in [0.29, 0.717) is 24.7 Å². The first kappa shape index (κ1) is 23.1. The summed E-state index contributed by atoms with van der Waals surface area (Å²) in [6, 6.07) is 13.4. The Morgan fingerprint density at radius 1 is 1.06 bits per heavy atom. The topological polar surface area (TPSA) is 57.2 Å². The Balaban J connectivity index is 1.86. The predicted octanol–water partition coefficient (Wildman–Crippen LogP) is 4.41. The average Bonchev–Trinajstić information content (AvgIpc) is 3.05. The Labute approximate surface area is 185 Å². The number of hydrogen-bond acceptors (Lipinski definition) is 6. The summed E-state index contributed by atoms with van der Waals surface area (Å²) in [5.74, 6) is 2.22. The lowest BCUT2D eigenvalue weighted by molar-refractivity contribution is -0.113. The largest absolute Gasteiger partial charge is 0.496 e. The highest BCUT2D eigenvalue weighted by Gasteiger charge is 2.49. The molecule has 6 heteroatoms. The molecule has 0 aromatic heterocycles. The molecular formula is C25H33NO5. The molecule has 0 bridgehead atoms. The molecule has 1 fully saturated rings. The molecule has 0 radical (unpaired) electrons. The fourth-order valence-electron chi connectivity index (χ4n) is 4.05. The maximum atomic E-state index is 12.1. The number of rotatable bonds is 10. The molecule has 2 atom stereocenters. The van der Waals surface area contributed by atoms with E-state index in [-0.39, 0.29) is 6.04 Å². The molecule has 1 saturated heterocycles. The van der Waals surface area contributed by atoms with Gasteiger partial charge in [0, 0.05) is 6.54 Å². The quantitative estimate of drug-likeness (QED) is 0.524. The van der Waals surface area contributed by atoms with Crippen LogP contribution in [0.15, 0.2) is 42.5 Å². The van der Waals surface area contributed by atoms with Crippen LogP contribution < -0.4 is 14.2 Å². The van der Waals surface area contributed by atoms with E-state index in [4.69, 9.17) is 18.9 Å². The maximum Gasteiger partial charge on any atom is 0.145 e. The molecule has 2 aromatic rings. The third-order valence-electron chi connectivity index (χ3n) is 5.68. The van der Waals surface area contributed by atoms with Crippen molar-refractivity contribution in [3.8, 4) is 17.2 Å². The van der Waals surface area contributed by atoms with E-state index in [1.165, 1.54) is 5.56 Å². The SMILES string of the molecule is CCCOc1ccc(CCN2C(c3c(OC)cccc3OC)OC(C)(C)C2C=O)cc1. The lowest BCUT2D eigenvalue weighted by Crippen LogP contribution is -2.43. The number of carbonyl (C=O) groups is 1. The van der Waals surface area contributed by atoms with Crippen molar-refractivity contribution < 1.29 is 23.7 Å². The van der Waals surface area contributed by atoms with Gasteiger partial charge >= 0.3 is 0 Å². The number of nitrogens with zero attached hydrogens (tertiary/aromatic N) is 1.